The van der Waals surface area contributed by atoms with Crippen LogP contribution in [-0.2, 0) is 21.7 Å². The van der Waals surface area contributed by atoms with Crippen molar-refractivity contribution in [2.45, 2.75) is 90.9 Å². The van der Waals surface area contributed by atoms with Crippen LogP contribution in [0.25, 0.3) is 11.4 Å². The molecule has 0 saturated heterocycles. The molecule has 268 valence electrons. The van der Waals surface area contributed by atoms with Gasteiger partial charge in [0.25, 0.3) is 0 Å². The molecule has 0 atom stereocenters. The van der Waals surface area contributed by atoms with Crippen molar-refractivity contribution in [3.05, 3.63) is 142 Å². The zero-order valence-electron chi connectivity index (χ0n) is 30.7. The molecule has 0 radical (unpaired) electrons. The van der Waals surface area contributed by atoms with Crippen molar-refractivity contribution in [3.63, 3.8) is 0 Å². The van der Waals surface area contributed by atoms with Crippen LogP contribution in [0, 0.1) is 75.2 Å². The average Bonchev–Trinajstić information content (AvgIpc) is 3.87. The van der Waals surface area contributed by atoms with Gasteiger partial charge in [0.15, 0.2) is 0 Å². The van der Waals surface area contributed by atoms with Crippen molar-refractivity contribution in [1.82, 2.24) is 9.13 Å². The number of aromatic nitrogens is 2. The summed E-state index contributed by atoms with van der Waals surface area (Å²) < 4.78 is 57.1. The predicted molar refractivity (Wildman–Crippen MR) is 202 cm³/mol. The second kappa shape index (κ2) is 22.2. The van der Waals surface area contributed by atoms with Crippen LogP contribution < -0.4 is 0 Å². The van der Waals surface area contributed by atoms with Gasteiger partial charge in [0, 0.05) is 55.8 Å². The molecule has 2 aromatic heterocycles. The van der Waals surface area contributed by atoms with Crippen LogP contribution >= 0.6 is 23.5 Å². The van der Waals surface area contributed by atoms with E-state index in [-0.39, 0.29) is 21.7 Å². The smallest absolute Gasteiger partial charge is 0.369 e. The third-order valence-electron chi connectivity index (χ3n) is 7.59. The Kier molecular flexibility index (Phi) is 19.3. The molecule has 9 heteroatoms. The van der Waals surface area contributed by atoms with Gasteiger partial charge in [-0.25, -0.2) is 40.9 Å². The predicted octanol–water partition coefficient (Wildman–Crippen LogP) is 12.7. The standard InChI is InChI=1S/2C15H16F2NS.2C6H7.Ti/c2*1-4-7-19-15-8-10(2)18(11(15)3)14-6-5-12(16)9-13(14)17;2*1-6-4-2-3-5-6;/h2*5-6,8H,4,7H2,1-3H3;2*2,4H,3H2,1H3;/q4*-1;+4. The van der Waals surface area contributed by atoms with Crippen LogP contribution in [0.2, 0.25) is 0 Å². The van der Waals surface area contributed by atoms with E-state index in [1.807, 2.05) is 49.0 Å². The second-order valence-corrected chi connectivity index (χ2v) is 14.1. The Balaban J connectivity index is 0.000000263. The van der Waals surface area contributed by atoms with E-state index in [9.17, 15) is 17.6 Å². The summed E-state index contributed by atoms with van der Waals surface area (Å²) in [6, 6.07) is 13.6. The van der Waals surface area contributed by atoms with E-state index in [4.69, 9.17) is 0 Å². The molecule has 0 unspecified atom stereocenters. The van der Waals surface area contributed by atoms with Gasteiger partial charge >= 0.3 is 21.7 Å². The number of halogens is 4. The van der Waals surface area contributed by atoms with Gasteiger partial charge in [-0.3, -0.25) is 12.2 Å². The number of allylic oxidation sites excluding steroid dienone is 8. The summed E-state index contributed by atoms with van der Waals surface area (Å²) in [5.41, 5.74) is 7.08. The SMILES string of the molecule is CC1=[C-]CC=C1.CC1=[C-]CC=C1.CCCSc1cc(C)n(-c2ccc(F)[c-]c2F)c1C.CCCSc1cc(C)n(-c2ccc(F)[c-]c2F)c1C.[Ti+4]. The zero-order chi connectivity index (χ0) is 36.8. The maximum Gasteiger partial charge on any atom is 4.00 e. The van der Waals surface area contributed by atoms with Crippen LogP contribution in [0.1, 0.15) is 76.2 Å². The number of hydrogen-bond donors (Lipinski definition) is 0. The third-order valence-corrected chi connectivity index (χ3v) is 10.3. The van der Waals surface area contributed by atoms with Crippen molar-refractivity contribution in [2.75, 3.05) is 11.5 Å². The molecule has 0 bridgehead atoms. The van der Waals surface area contributed by atoms with Crippen molar-refractivity contribution in [1.29, 1.82) is 0 Å². The van der Waals surface area contributed by atoms with E-state index in [1.165, 1.54) is 35.4 Å². The molecule has 6 rings (SSSR count). The quantitative estimate of drug-likeness (QED) is 0.0765. The molecule has 0 amide bonds. The van der Waals surface area contributed by atoms with Crippen LogP contribution in [0.3, 0.4) is 0 Å². The topological polar surface area (TPSA) is 9.86 Å². The fraction of sp³-hybridized carbons (Fsp3) is 0.333. The van der Waals surface area contributed by atoms with Crippen molar-refractivity contribution >= 4 is 23.5 Å². The molecule has 0 spiro atoms. The fourth-order valence-electron chi connectivity index (χ4n) is 5.17. The molecule has 2 nitrogen and oxygen atoms in total. The Morgan fingerprint density at radius 3 is 1.24 bits per heavy atom. The first kappa shape index (κ1) is 44.3. The third kappa shape index (κ3) is 13.2. The van der Waals surface area contributed by atoms with E-state index in [2.05, 4.69) is 76.3 Å². The van der Waals surface area contributed by atoms with E-state index in [1.54, 1.807) is 23.5 Å². The Morgan fingerprint density at radius 2 is 0.980 bits per heavy atom. The Hall–Kier alpha value is -2.91. The molecule has 0 saturated carbocycles. The van der Waals surface area contributed by atoms with E-state index >= 15 is 0 Å². The van der Waals surface area contributed by atoms with Crippen LogP contribution in [-0.4, -0.2) is 20.6 Å². The molecular weight excluding hydrogens is 720 g/mol. The fourth-order valence-corrected chi connectivity index (χ4v) is 7.13. The van der Waals surface area contributed by atoms with Crippen molar-refractivity contribution < 1.29 is 39.3 Å². The first-order chi connectivity index (χ1) is 23.9. The van der Waals surface area contributed by atoms with Crippen LogP contribution in [0.4, 0.5) is 17.6 Å². The summed E-state index contributed by atoms with van der Waals surface area (Å²) in [5.74, 6) is -0.610. The molecular formula is C42H46F4N2S2Ti. The van der Waals surface area contributed by atoms with Crippen LogP contribution in [0.15, 0.2) is 81.6 Å². The number of hydrogen-bond acceptors (Lipinski definition) is 2. The Bertz CT molecular complexity index is 1710. The first-order valence-corrected chi connectivity index (χ1v) is 18.7. The van der Waals surface area contributed by atoms with Gasteiger partial charge in [-0.1, -0.05) is 27.7 Å². The zero-order valence-corrected chi connectivity index (χ0v) is 33.9. The van der Waals surface area contributed by atoms with Crippen molar-refractivity contribution in [2.24, 2.45) is 0 Å². The number of benzene rings is 2. The summed E-state index contributed by atoms with van der Waals surface area (Å²) in [5, 5.41) is 0. The minimum atomic E-state index is -0.677. The molecule has 0 aliphatic heterocycles. The monoisotopic (exact) mass is 766 g/mol. The Morgan fingerprint density at radius 1 is 0.608 bits per heavy atom. The van der Waals surface area contributed by atoms with Gasteiger partial charge in [-0.2, -0.15) is 12.2 Å². The van der Waals surface area contributed by atoms with Crippen molar-refractivity contribution in [3.8, 4) is 11.4 Å². The second-order valence-electron chi connectivity index (χ2n) is 11.8. The van der Waals surface area contributed by atoms with Gasteiger partial charge in [-0.05, 0) is 75.5 Å². The summed E-state index contributed by atoms with van der Waals surface area (Å²) in [4.78, 5) is 2.28. The van der Waals surface area contributed by atoms with E-state index in [0.29, 0.717) is 11.4 Å². The molecule has 2 aromatic carbocycles. The van der Waals surface area contributed by atoms with Gasteiger partial charge in [0.05, 0.1) is 0 Å². The molecule has 2 heterocycles. The van der Waals surface area contributed by atoms with Crippen LogP contribution in [0.5, 0.6) is 0 Å². The largest absolute Gasteiger partial charge is 4.00 e. The number of aryl methyl sites for hydroxylation is 2. The molecule has 0 fully saturated rings. The summed E-state index contributed by atoms with van der Waals surface area (Å²) in [7, 11) is 0. The molecule has 2 aliphatic carbocycles. The maximum absolute atomic E-state index is 13.8. The number of rotatable bonds is 8. The number of thioether (sulfide) groups is 2. The number of nitrogens with zero attached hydrogens (tertiary/aromatic N) is 2. The maximum atomic E-state index is 13.8. The molecule has 4 aromatic rings. The van der Waals surface area contributed by atoms with Gasteiger partial charge in [0.1, 0.15) is 0 Å². The molecule has 2 aliphatic rings. The van der Waals surface area contributed by atoms with E-state index in [0.717, 1.165) is 69.8 Å². The first-order valence-electron chi connectivity index (χ1n) is 16.7. The normalized spacial score (nSPS) is 12.5. The minimum Gasteiger partial charge on any atom is -0.369 e. The van der Waals surface area contributed by atoms with E-state index < -0.39 is 23.3 Å². The van der Waals surface area contributed by atoms with Gasteiger partial charge in [-0.15, -0.1) is 72.8 Å². The Labute approximate surface area is 326 Å². The summed E-state index contributed by atoms with van der Waals surface area (Å²) >= 11 is 3.52. The minimum absolute atomic E-state index is 0. The summed E-state index contributed by atoms with van der Waals surface area (Å²) in [6.07, 6.45) is 18.8. The summed E-state index contributed by atoms with van der Waals surface area (Å²) in [6.45, 7) is 16.1. The molecule has 51 heavy (non-hydrogen) atoms. The average molecular weight is 767 g/mol. The van der Waals surface area contributed by atoms with Gasteiger partial charge in [0.2, 0.25) is 0 Å². The van der Waals surface area contributed by atoms with Gasteiger partial charge < -0.3 is 9.13 Å². The molecule has 0 N–H and O–H groups in total.